The van der Waals surface area contributed by atoms with Gasteiger partial charge in [0, 0.05) is 30.6 Å². The lowest BCUT2D eigenvalue weighted by Gasteiger charge is -2.08. The average Bonchev–Trinajstić information content (AvgIpc) is 3.10. The second-order valence-electron chi connectivity index (χ2n) is 5.97. The van der Waals surface area contributed by atoms with E-state index >= 15 is 0 Å². The molecule has 3 aromatic heterocycles. The Bertz CT molecular complexity index is 850. The summed E-state index contributed by atoms with van der Waals surface area (Å²) in [6.45, 7) is 3.21. The molecule has 1 amide bonds. The van der Waals surface area contributed by atoms with E-state index in [4.69, 9.17) is 0 Å². The Hall–Kier alpha value is -3.00. The van der Waals surface area contributed by atoms with Crippen LogP contribution < -0.4 is 16.0 Å². The number of pyridine rings is 1. The van der Waals surface area contributed by atoms with Crippen LogP contribution in [-0.2, 0) is 11.2 Å². The highest BCUT2D eigenvalue weighted by atomic mass is 32.1. The molecular formula is C19H22N6OS. The van der Waals surface area contributed by atoms with Crippen molar-refractivity contribution in [3.8, 4) is 0 Å². The van der Waals surface area contributed by atoms with E-state index in [1.54, 1.807) is 23.7 Å². The number of aromatic nitrogens is 3. The van der Waals surface area contributed by atoms with Gasteiger partial charge in [-0.3, -0.25) is 9.78 Å². The lowest BCUT2D eigenvalue weighted by atomic mass is 10.2. The zero-order valence-corrected chi connectivity index (χ0v) is 15.9. The largest absolute Gasteiger partial charge is 0.367 e. The summed E-state index contributed by atoms with van der Waals surface area (Å²) in [7, 11) is 0. The van der Waals surface area contributed by atoms with Gasteiger partial charge in [0.25, 0.3) is 0 Å². The van der Waals surface area contributed by atoms with Crippen LogP contribution >= 0.6 is 11.3 Å². The van der Waals surface area contributed by atoms with Crippen LogP contribution in [-0.4, -0.2) is 34.2 Å². The van der Waals surface area contributed by atoms with Crippen molar-refractivity contribution in [1.29, 1.82) is 0 Å². The number of nitrogens with zero attached hydrogens (tertiary/aromatic N) is 3. The maximum absolute atomic E-state index is 11.9. The van der Waals surface area contributed by atoms with Crippen LogP contribution in [0.3, 0.4) is 0 Å². The molecule has 0 aliphatic heterocycles. The van der Waals surface area contributed by atoms with Crippen molar-refractivity contribution in [3.05, 3.63) is 58.5 Å². The fraction of sp³-hybridized carbons (Fsp3) is 0.263. The molecule has 0 saturated heterocycles. The summed E-state index contributed by atoms with van der Waals surface area (Å²) in [6, 6.07) is 9.52. The van der Waals surface area contributed by atoms with Gasteiger partial charge in [0.1, 0.15) is 5.82 Å². The maximum atomic E-state index is 11.9. The number of thiophene rings is 1. The highest BCUT2D eigenvalue weighted by molar-refractivity contribution is 7.10. The van der Waals surface area contributed by atoms with E-state index in [1.165, 1.54) is 10.4 Å². The smallest absolute Gasteiger partial charge is 0.220 e. The third-order valence-corrected chi connectivity index (χ3v) is 4.98. The van der Waals surface area contributed by atoms with Crippen molar-refractivity contribution >= 4 is 34.6 Å². The Morgan fingerprint density at radius 3 is 2.67 bits per heavy atom. The topological polar surface area (TPSA) is 91.8 Å². The molecule has 27 heavy (non-hydrogen) atoms. The van der Waals surface area contributed by atoms with Gasteiger partial charge < -0.3 is 16.0 Å². The monoisotopic (exact) mass is 382 g/mol. The van der Waals surface area contributed by atoms with E-state index in [9.17, 15) is 4.79 Å². The van der Waals surface area contributed by atoms with E-state index < -0.39 is 0 Å². The number of amides is 1. The molecule has 3 heterocycles. The Morgan fingerprint density at radius 1 is 1.11 bits per heavy atom. The highest BCUT2D eigenvalue weighted by Gasteiger charge is 2.05. The number of nitrogens with one attached hydrogen (secondary N) is 3. The van der Waals surface area contributed by atoms with Crippen molar-refractivity contribution in [2.24, 2.45) is 0 Å². The average molecular weight is 382 g/mol. The quantitative estimate of drug-likeness (QED) is 0.493. The Kier molecular flexibility index (Phi) is 6.70. The molecule has 0 radical (unpaired) electrons. The Labute approximate surface area is 162 Å². The lowest BCUT2D eigenvalue weighted by molar-refractivity contribution is -0.120. The summed E-state index contributed by atoms with van der Waals surface area (Å²) in [5.74, 6) is 1.37. The van der Waals surface area contributed by atoms with Gasteiger partial charge in [0.15, 0.2) is 5.82 Å². The summed E-state index contributed by atoms with van der Waals surface area (Å²) in [4.78, 5) is 17.2. The minimum atomic E-state index is 0.0618. The first-order chi connectivity index (χ1) is 13.2. The summed E-state index contributed by atoms with van der Waals surface area (Å²) >= 11 is 1.70. The number of carbonyl (C=O) groups excluding carboxylic acids is 1. The highest BCUT2D eigenvalue weighted by Crippen LogP contribution is 2.17. The van der Waals surface area contributed by atoms with Gasteiger partial charge in [-0.25, -0.2) is 0 Å². The molecule has 0 aromatic carbocycles. The number of aryl methyl sites for hydroxylation is 2. The van der Waals surface area contributed by atoms with Crippen LogP contribution in [0.1, 0.15) is 16.9 Å². The Morgan fingerprint density at radius 2 is 1.96 bits per heavy atom. The van der Waals surface area contributed by atoms with Gasteiger partial charge in [0.2, 0.25) is 5.91 Å². The number of hydrogen-bond acceptors (Lipinski definition) is 7. The summed E-state index contributed by atoms with van der Waals surface area (Å²) in [5.41, 5.74) is 2.11. The van der Waals surface area contributed by atoms with Gasteiger partial charge in [-0.05, 0) is 54.6 Å². The first kappa shape index (κ1) is 18.8. The minimum absolute atomic E-state index is 0.0618. The van der Waals surface area contributed by atoms with Crippen LogP contribution in [0.25, 0.3) is 0 Å². The Balaban J connectivity index is 1.34. The molecule has 7 nitrogen and oxygen atoms in total. The molecule has 3 rings (SSSR count). The predicted octanol–water partition coefficient (Wildman–Crippen LogP) is 3.15. The number of rotatable bonds is 9. The molecule has 0 saturated carbocycles. The minimum Gasteiger partial charge on any atom is -0.367 e. The zero-order valence-electron chi connectivity index (χ0n) is 15.1. The van der Waals surface area contributed by atoms with E-state index in [1.807, 2.05) is 24.3 Å². The van der Waals surface area contributed by atoms with E-state index in [0.717, 1.165) is 12.1 Å². The summed E-state index contributed by atoms with van der Waals surface area (Å²) in [5, 5.41) is 19.5. The molecular weight excluding hydrogens is 360 g/mol. The zero-order chi connectivity index (χ0) is 18.9. The molecule has 3 N–H and O–H groups in total. The number of carbonyl (C=O) groups is 1. The van der Waals surface area contributed by atoms with Crippen LogP contribution in [0.4, 0.5) is 17.3 Å². The van der Waals surface area contributed by atoms with Crippen LogP contribution in [0.5, 0.6) is 0 Å². The molecule has 0 aliphatic rings. The third-order valence-electron chi connectivity index (χ3n) is 3.90. The second kappa shape index (κ2) is 9.63. The second-order valence-corrected chi connectivity index (χ2v) is 6.97. The number of hydrogen-bond donors (Lipinski definition) is 3. The molecule has 0 spiro atoms. The molecule has 0 aliphatic carbocycles. The van der Waals surface area contributed by atoms with E-state index in [0.29, 0.717) is 31.1 Å². The van der Waals surface area contributed by atoms with Gasteiger partial charge in [-0.2, -0.15) is 0 Å². The first-order valence-corrected chi connectivity index (χ1v) is 9.63. The van der Waals surface area contributed by atoms with Crippen LogP contribution in [0, 0.1) is 6.92 Å². The van der Waals surface area contributed by atoms with Gasteiger partial charge in [-0.15, -0.1) is 21.5 Å². The van der Waals surface area contributed by atoms with Gasteiger partial charge in [-0.1, -0.05) is 0 Å². The van der Waals surface area contributed by atoms with Crippen molar-refractivity contribution in [1.82, 2.24) is 20.5 Å². The standard InChI is InChI=1S/C19H22N6OS/c1-14-8-12-27-16(14)4-7-19(26)22-11-10-21-17-5-6-18(25-24-17)23-15-3-2-9-20-13-15/h2-3,5-6,8-9,12-13H,4,7,10-11H2,1H3,(H,21,24)(H,22,26)(H,23,25). The van der Waals surface area contributed by atoms with E-state index in [2.05, 4.69) is 49.5 Å². The van der Waals surface area contributed by atoms with Crippen molar-refractivity contribution in [2.75, 3.05) is 23.7 Å². The van der Waals surface area contributed by atoms with Crippen molar-refractivity contribution in [3.63, 3.8) is 0 Å². The first-order valence-electron chi connectivity index (χ1n) is 8.75. The van der Waals surface area contributed by atoms with Crippen molar-refractivity contribution < 1.29 is 4.79 Å². The fourth-order valence-corrected chi connectivity index (χ4v) is 3.36. The predicted molar refractivity (Wildman–Crippen MR) is 108 cm³/mol. The van der Waals surface area contributed by atoms with Crippen LogP contribution in [0.2, 0.25) is 0 Å². The molecule has 8 heteroatoms. The van der Waals surface area contributed by atoms with Crippen LogP contribution in [0.15, 0.2) is 48.1 Å². The molecule has 0 fully saturated rings. The number of anilines is 3. The summed E-state index contributed by atoms with van der Waals surface area (Å²) in [6.07, 6.45) is 4.73. The van der Waals surface area contributed by atoms with E-state index in [-0.39, 0.29) is 5.91 Å². The van der Waals surface area contributed by atoms with Gasteiger partial charge in [0.05, 0.1) is 11.9 Å². The van der Waals surface area contributed by atoms with Crippen molar-refractivity contribution in [2.45, 2.75) is 19.8 Å². The maximum Gasteiger partial charge on any atom is 0.220 e. The SMILES string of the molecule is Cc1ccsc1CCC(=O)NCCNc1ccc(Nc2cccnc2)nn1. The molecule has 0 atom stereocenters. The molecule has 140 valence electrons. The normalized spacial score (nSPS) is 10.4. The lowest BCUT2D eigenvalue weighted by Crippen LogP contribution is -2.29. The summed E-state index contributed by atoms with van der Waals surface area (Å²) < 4.78 is 0. The fourth-order valence-electron chi connectivity index (χ4n) is 2.45. The molecule has 0 unspecified atom stereocenters. The third kappa shape index (κ3) is 6.03. The molecule has 3 aromatic rings. The van der Waals surface area contributed by atoms with Gasteiger partial charge >= 0.3 is 0 Å². The molecule has 0 bridgehead atoms.